The zero-order valence-electron chi connectivity index (χ0n) is 14.7. The third-order valence-corrected chi connectivity index (χ3v) is 4.44. The Bertz CT molecular complexity index is 457. The van der Waals surface area contributed by atoms with Crippen molar-refractivity contribution in [2.24, 2.45) is 0 Å². The van der Waals surface area contributed by atoms with E-state index in [0.717, 1.165) is 18.7 Å². The quantitative estimate of drug-likeness (QED) is 0.904. The smallest absolute Gasteiger partial charge is 0.122 e. The summed E-state index contributed by atoms with van der Waals surface area (Å²) in [6, 6.07) is 6.69. The second-order valence-electron chi connectivity index (χ2n) is 7.33. The molecular weight excluding hydrogens is 272 g/mol. The molecule has 0 saturated carbocycles. The van der Waals surface area contributed by atoms with Crippen LogP contribution in [0, 0.1) is 0 Å². The summed E-state index contributed by atoms with van der Waals surface area (Å²) in [6.45, 7) is 12.7. The third kappa shape index (κ3) is 4.99. The number of ether oxygens (including phenoxy) is 1. The molecule has 1 aliphatic rings. The van der Waals surface area contributed by atoms with Gasteiger partial charge in [0.05, 0.1) is 7.11 Å². The van der Waals surface area contributed by atoms with Gasteiger partial charge in [0.1, 0.15) is 5.75 Å². The molecule has 3 heteroatoms. The first-order chi connectivity index (χ1) is 10.5. The van der Waals surface area contributed by atoms with E-state index in [2.05, 4.69) is 49.2 Å². The van der Waals surface area contributed by atoms with Gasteiger partial charge < -0.3 is 15.0 Å². The number of hydrogen-bond donors (Lipinski definition) is 1. The molecule has 0 atom stereocenters. The molecule has 1 N–H and O–H groups in total. The van der Waals surface area contributed by atoms with E-state index in [9.17, 15) is 0 Å². The number of hydrogen-bond acceptors (Lipinski definition) is 3. The average Bonchev–Trinajstić information content (AvgIpc) is 2.75. The molecule has 22 heavy (non-hydrogen) atoms. The predicted molar refractivity (Wildman–Crippen MR) is 93.9 cm³/mol. The van der Waals surface area contributed by atoms with E-state index in [1.54, 1.807) is 7.11 Å². The first kappa shape index (κ1) is 17.3. The first-order valence-electron chi connectivity index (χ1n) is 8.61. The molecule has 0 radical (unpaired) electrons. The molecule has 1 heterocycles. The van der Waals surface area contributed by atoms with Crippen LogP contribution in [0.5, 0.6) is 5.75 Å². The van der Waals surface area contributed by atoms with Gasteiger partial charge in [-0.1, -0.05) is 32.9 Å². The van der Waals surface area contributed by atoms with Crippen molar-refractivity contribution < 1.29 is 4.74 Å². The van der Waals surface area contributed by atoms with E-state index in [4.69, 9.17) is 4.74 Å². The Morgan fingerprint density at radius 3 is 2.73 bits per heavy atom. The molecule has 1 aliphatic heterocycles. The lowest BCUT2D eigenvalue weighted by Crippen LogP contribution is -2.29. The molecule has 0 aromatic heterocycles. The molecule has 1 aromatic rings. The van der Waals surface area contributed by atoms with Crippen molar-refractivity contribution in [3.63, 3.8) is 0 Å². The van der Waals surface area contributed by atoms with Crippen molar-refractivity contribution in [2.45, 2.75) is 45.4 Å². The van der Waals surface area contributed by atoms with Gasteiger partial charge in [0.15, 0.2) is 0 Å². The average molecular weight is 304 g/mol. The van der Waals surface area contributed by atoms with Crippen molar-refractivity contribution in [2.75, 3.05) is 39.8 Å². The Hall–Kier alpha value is -1.06. The highest BCUT2D eigenvalue weighted by atomic mass is 16.5. The van der Waals surface area contributed by atoms with Crippen LogP contribution in [0.15, 0.2) is 18.2 Å². The van der Waals surface area contributed by atoms with E-state index in [0.29, 0.717) is 0 Å². The van der Waals surface area contributed by atoms with E-state index >= 15 is 0 Å². The van der Waals surface area contributed by atoms with Crippen molar-refractivity contribution in [1.29, 1.82) is 0 Å². The molecule has 1 saturated heterocycles. The summed E-state index contributed by atoms with van der Waals surface area (Å²) in [6.07, 6.45) is 3.66. The van der Waals surface area contributed by atoms with Crippen molar-refractivity contribution >= 4 is 0 Å². The lowest BCUT2D eigenvalue weighted by molar-refractivity contribution is 0.289. The zero-order chi connectivity index (χ0) is 16.0. The summed E-state index contributed by atoms with van der Waals surface area (Å²) in [5.41, 5.74) is 2.86. The molecule has 0 unspecified atom stereocenters. The SMILES string of the molecule is COc1ccc(CCCN2CCCNCC2)cc1C(C)(C)C. The summed E-state index contributed by atoms with van der Waals surface area (Å²) in [5.74, 6) is 1.01. The van der Waals surface area contributed by atoms with E-state index in [-0.39, 0.29) is 5.41 Å². The van der Waals surface area contributed by atoms with Crippen LogP contribution in [0.25, 0.3) is 0 Å². The molecule has 0 bridgehead atoms. The maximum absolute atomic E-state index is 5.53. The maximum atomic E-state index is 5.53. The fourth-order valence-corrected chi connectivity index (χ4v) is 3.13. The summed E-state index contributed by atoms with van der Waals surface area (Å²) in [5, 5.41) is 3.47. The first-order valence-corrected chi connectivity index (χ1v) is 8.61. The predicted octanol–water partition coefficient (Wildman–Crippen LogP) is 3.22. The highest BCUT2D eigenvalue weighted by Crippen LogP contribution is 2.32. The fourth-order valence-electron chi connectivity index (χ4n) is 3.13. The van der Waals surface area contributed by atoms with Crippen LogP contribution in [0.1, 0.15) is 44.7 Å². The molecule has 1 fully saturated rings. The second kappa shape index (κ2) is 7.98. The molecule has 124 valence electrons. The maximum Gasteiger partial charge on any atom is 0.122 e. The highest BCUT2D eigenvalue weighted by molar-refractivity contribution is 5.41. The summed E-state index contributed by atoms with van der Waals surface area (Å²) in [4.78, 5) is 2.59. The molecule has 0 spiro atoms. The second-order valence-corrected chi connectivity index (χ2v) is 7.33. The monoisotopic (exact) mass is 304 g/mol. The number of methoxy groups -OCH3 is 1. The van der Waals surface area contributed by atoms with Gasteiger partial charge >= 0.3 is 0 Å². The van der Waals surface area contributed by atoms with Crippen LogP contribution in [-0.4, -0.2) is 44.7 Å². The van der Waals surface area contributed by atoms with Gasteiger partial charge in [0, 0.05) is 13.1 Å². The lowest BCUT2D eigenvalue weighted by Gasteiger charge is -2.23. The van der Waals surface area contributed by atoms with E-state index < -0.39 is 0 Å². The number of nitrogens with zero attached hydrogens (tertiary/aromatic N) is 1. The van der Waals surface area contributed by atoms with Crippen molar-refractivity contribution in [3.05, 3.63) is 29.3 Å². The number of rotatable bonds is 5. The molecular formula is C19H32N2O. The topological polar surface area (TPSA) is 24.5 Å². The summed E-state index contributed by atoms with van der Waals surface area (Å²) >= 11 is 0. The minimum Gasteiger partial charge on any atom is -0.496 e. The Morgan fingerprint density at radius 1 is 1.18 bits per heavy atom. The molecule has 0 aliphatic carbocycles. The lowest BCUT2D eigenvalue weighted by atomic mass is 9.85. The van der Waals surface area contributed by atoms with Crippen LogP contribution in [0.4, 0.5) is 0 Å². The number of aryl methyl sites for hydroxylation is 1. The minimum atomic E-state index is 0.123. The van der Waals surface area contributed by atoms with Crippen LogP contribution in [0.2, 0.25) is 0 Å². The fraction of sp³-hybridized carbons (Fsp3) is 0.684. The summed E-state index contributed by atoms with van der Waals surface area (Å²) < 4.78 is 5.53. The van der Waals surface area contributed by atoms with Gasteiger partial charge in [-0.15, -0.1) is 0 Å². The van der Waals surface area contributed by atoms with Crippen LogP contribution in [0.3, 0.4) is 0 Å². The van der Waals surface area contributed by atoms with Crippen LogP contribution >= 0.6 is 0 Å². The molecule has 3 nitrogen and oxygen atoms in total. The van der Waals surface area contributed by atoms with Gasteiger partial charge in [-0.05, 0) is 61.5 Å². The Labute approximate surface area is 136 Å². The number of nitrogens with one attached hydrogen (secondary N) is 1. The highest BCUT2D eigenvalue weighted by Gasteiger charge is 2.19. The molecule has 0 amide bonds. The summed E-state index contributed by atoms with van der Waals surface area (Å²) in [7, 11) is 1.76. The van der Waals surface area contributed by atoms with Gasteiger partial charge in [-0.3, -0.25) is 0 Å². The van der Waals surface area contributed by atoms with E-state index in [1.165, 1.54) is 50.1 Å². The van der Waals surface area contributed by atoms with Gasteiger partial charge in [-0.2, -0.15) is 0 Å². The Balaban J connectivity index is 1.92. The van der Waals surface area contributed by atoms with Gasteiger partial charge in [0.25, 0.3) is 0 Å². The number of benzene rings is 1. The largest absolute Gasteiger partial charge is 0.496 e. The van der Waals surface area contributed by atoms with Gasteiger partial charge in [-0.25, -0.2) is 0 Å². The Morgan fingerprint density at radius 2 is 2.00 bits per heavy atom. The minimum absolute atomic E-state index is 0.123. The van der Waals surface area contributed by atoms with Crippen molar-refractivity contribution in [1.82, 2.24) is 10.2 Å². The van der Waals surface area contributed by atoms with Crippen molar-refractivity contribution in [3.8, 4) is 5.75 Å². The Kier molecular flexibility index (Phi) is 6.27. The van der Waals surface area contributed by atoms with Crippen LogP contribution in [-0.2, 0) is 11.8 Å². The normalized spacial score (nSPS) is 17.3. The van der Waals surface area contributed by atoms with Crippen LogP contribution < -0.4 is 10.1 Å². The zero-order valence-corrected chi connectivity index (χ0v) is 14.7. The van der Waals surface area contributed by atoms with Gasteiger partial charge in [0.2, 0.25) is 0 Å². The standard InChI is InChI=1S/C19H32N2O/c1-19(2,3)17-15-16(8-9-18(17)22-4)7-5-12-21-13-6-10-20-11-14-21/h8-9,15,20H,5-7,10-14H2,1-4H3. The van der Waals surface area contributed by atoms with E-state index in [1.807, 2.05) is 0 Å². The molecule has 2 rings (SSSR count). The third-order valence-electron chi connectivity index (χ3n) is 4.44. The molecule has 1 aromatic carbocycles.